The van der Waals surface area contributed by atoms with E-state index in [4.69, 9.17) is 5.10 Å². The molecule has 0 aliphatic heterocycles. The molecule has 0 saturated heterocycles. The summed E-state index contributed by atoms with van der Waals surface area (Å²) >= 11 is 0. The molecular weight excluding hydrogens is 426 g/mol. The minimum Gasteiger partial charge on any atom is -0.383 e. The Bertz CT molecular complexity index is 1300. The molecule has 0 aliphatic rings. The first-order valence-electron chi connectivity index (χ1n) is 10.2. The van der Waals surface area contributed by atoms with E-state index in [9.17, 15) is 8.42 Å². The molecule has 9 nitrogen and oxygen atoms in total. The van der Waals surface area contributed by atoms with Crippen LogP contribution in [-0.2, 0) is 23.6 Å². The summed E-state index contributed by atoms with van der Waals surface area (Å²) in [6.45, 7) is 0.881. The zero-order chi connectivity index (χ0) is 22.6. The van der Waals surface area contributed by atoms with E-state index in [0.29, 0.717) is 6.54 Å². The van der Waals surface area contributed by atoms with Gasteiger partial charge in [-0.25, -0.2) is 13.1 Å². The van der Waals surface area contributed by atoms with Crippen molar-refractivity contribution in [2.45, 2.75) is 6.54 Å². The van der Waals surface area contributed by atoms with E-state index < -0.39 is 10.0 Å². The van der Waals surface area contributed by atoms with Gasteiger partial charge in [-0.2, -0.15) is 10.2 Å². The summed E-state index contributed by atoms with van der Waals surface area (Å²) in [6, 6.07) is 13.7. The lowest BCUT2D eigenvalue weighted by molar-refractivity contribution is 0.588. The largest absolute Gasteiger partial charge is 0.383 e. The van der Waals surface area contributed by atoms with Crippen molar-refractivity contribution in [3.63, 3.8) is 0 Å². The molecule has 3 aromatic heterocycles. The standard InChI is InChI=1S/C22H25N7O2S/c1-23-32(30,31)13-10-25-21-6-5-18(20-7-11-28(2)26-20)14-19(21)22-8-12-29(27-22)16-17-4-3-9-24-15-17/h3-9,11-12,14-15,23,25H,10,13,16H2,1-2H3. The molecule has 0 spiro atoms. The summed E-state index contributed by atoms with van der Waals surface area (Å²) < 4.78 is 29.5. The highest BCUT2D eigenvalue weighted by molar-refractivity contribution is 7.89. The van der Waals surface area contributed by atoms with Crippen molar-refractivity contribution >= 4 is 15.7 Å². The number of rotatable bonds is 9. The fraction of sp³-hybridized carbons (Fsp3) is 0.227. The molecule has 2 N–H and O–H groups in total. The molecule has 4 aromatic rings. The lowest BCUT2D eigenvalue weighted by atomic mass is 10.0. The Morgan fingerprint density at radius 3 is 2.59 bits per heavy atom. The average Bonchev–Trinajstić information content (AvgIpc) is 3.44. The van der Waals surface area contributed by atoms with Gasteiger partial charge in [0.1, 0.15) is 0 Å². The second-order valence-corrected chi connectivity index (χ2v) is 9.39. The molecule has 0 fully saturated rings. The number of nitrogens with zero attached hydrogens (tertiary/aromatic N) is 5. The first-order valence-corrected chi connectivity index (χ1v) is 11.8. The van der Waals surface area contributed by atoms with Gasteiger partial charge in [0.05, 0.1) is 23.7 Å². The quantitative estimate of drug-likeness (QED) is 0.405. The maximum atomic E-state index is 11.8. The highest BCUT2D eigenvalue weighted by atomic mass is 32.2. The van der Waals surface area contributed by atoms with Gasteiger partial charge >= 0.3 is 0 Å². The van der Waals surface area contributed by atoms with Crippen LogP contribution in [0.4, 0.5) is 5.69 Å². The van der Waals surface area contributed by atoms with Gasteiger partial charge in [0.2, 0.25) is 10.0 Å². The second kappa shape index (κ2) is 9.33. The lowest BCUT2D eigenvalue weighted by Gasteiger charge is -2.12. The highest BCUT2D eigenvalue weighted by Gasteiger charge is 2.13. The zero-order valence-corrected chi connectivity index (χ0v) is 18.7. The third-order valence-corrected chi connectivity index (χ3v) is 6.37. The van der Waals surface area contributed by atoms with Crippen LogP contribution in [-0.4, -0.2) is 52.3 Å². The van der Waals surface area contributed by atoms with Gasteiger partial charge in [-0.05, 0) is 42.9 Å². The Hall–Kier alpha value is -3.50. The number of benzene rings is 1. The molecule has 0 amide bonds. The van der Waals surface area contributed by atoms with E-state index in [2.05, 4.69) is 20.1 Å². The molecule has 0 unspecified atom stereocenters. The van der Waals surface area contributed by atoms with Gasteiger partial charge in [0.15, 0.2) is 0 Å². The molecule has 4 rings (SSSR count). The molecule has 0 aliphatic carbocycles. The first kappa shape index (κ1) is 21.7. The zero-order valence-electron chi connectivity index (χ0n) is 17.9. The van der Waals surface area contributed by atoms with Crippen molar-refractivity contribution in [2.24, 2.45) is 7.05 Å². The summed E-state index contributed by atoms with van der Waals surface area (Å²) in [5.41, 5.74) is 5.33. The van der Waals surface area contributed by atoms with Crippen LogP contribution in [0.15, 0.2) is 67.3 Å². The Labute approximate surface area is 187 Å². The van der Waals surface area contributed by atoms with Crippen LogP contribution in [0.1, 0.15) is 5.56 Å². The van der Waals surface area contributed by atoms with Crippen molar-refractivity contribution in [2.75, 3.05) is 24.7 Å². The molecule has 32 heavy (non-hydrogen) atoms. The molecule has 0 atom stereocenters. The van der Waals surface area contributed by atoms with Gasteiger partial charge in [-0.1, -0.05) is 12.1 Å². The van der Waals surface area contributed by atoms with Gasteiger partial charge in [0.25, 0.3) is 0 Å². The smallest absolute Gasteiger partial charge is 0.213 e. The van der Waals surface area contributed by atoms with E-state index >= 15 is 0 Å². The van der Waals surface area contributed by atoms with Gasteiger partial charge in [-0.15, -0.1) is 0 Å². The van der Waals surface area contributed by atoms with Crippen molar-refractivity contribution in [1.29, 1.82) is 0 Å². The van der Waals surface area contributed by atoms with Crippen LogP contribution >= 0.6 is 0 Å². The number of anilines is 1. The molecule has 0 saturated carbocycles. The first-order chi connectivity index (χ1) is 15.4. The average molecular weight is 452 g/mol. The highest BCUT2D eigenvalue weighted by Crippen LogP contribution is 2.31. The van der Waals surface area contributed by atoms with Crippen LogP contribution in [0.2, 0.25) is 0 Å². The van der Waals surface area contributed by atoms with Crippen molar-refractivity contribution in [3.05, 3.63) is 72.8 Å². The van der Waals surface area contributed by atoms with E-state index in [1.807, 2.05) is 72.8 Å². The predicted molar refractivity (Wildman–Crippen MR) is 125 cm³/mol. The number of sulfonamides is 1. The second-order valence-electron chi connectivity index (χ2n) is 7.34. The molecule has 0 radical (unpaired) electrons. The van der Waals surface area contributed by atoms with Crippen molar-refractivity contribution < 1.29 is 8.42 Å². The minimum absolute atomic E-state index is 0.0274. The van der Waals surface area contributed by atoms with Gasteiger partial charge in [0, 0.05) is 55.2 Å². The van der Waals surface area contributed by atoms with Crippen LogP contribution in [0, 0.1) is 0 Å². The third-order valence-electron chi connectivity index (χ3n) is 5.01. The van der Waals surface area contributed by atoms with Crippen LogP contribution in [0.25, 0.3) is 22.5 Å². The number of hydrogen-bond donors (Lipinski definition) is 2. The lowest BCUT2D eigenvalue weighted by Crippen LogP contribution is -2.26. The van der Waals surface area contributed by atoms with E-state index in [1.165, 1.54) is 7.05 Å². The van der Waals surface area contributed by atoms with E-state index in [-0.39, 0.29) is 12.3 Å². The number of aryl methyl sites for hydroxylation is 1. The molecule has 0 bridgehead atoms. The number of aromatic nitrogens is 5. The summed E-state index contributed by atoms with van der Waals surface area (Å²) in [5, 5.41) is 12.5. The molecule has 166 valence electrons. The van der Waals surface area contributed by atoms with E-state index in [0.717, 1.165) is 33.8 Å². The minimum atomic E-state index is -3.30. The number of hydrogen-bond acceptors (Lipinski definition) is 6. The molecule has 3 heterocycles. The Balaban J connectivity index is 1.64. The molecule has 10 heteroatoms. The fourth-order valence-corrected chi connectivity index (χ4v) is 3.91. The third kappa shape index (κ3) is 5.21. The monoisotopic (exact) mass is 451 g/mol. The van der Waals surface area contributed by atoms with Crippen LogP contribution in [0.3, 0.4) is 0 Å². The summed E-state index contributed by atoms with van der Waals surface area (Å²) in [6.07, 6.45) is 7.38. The van der Waals surface area contributed by atoms with Gasteiger partial charge in [-0.3, -0.25) is 14.3 Å². The summed E-state index contributed by atoms with van der Waals surface area (Å²) in [7, 11) is -0.00528. The normalized spacial score (nSPS) is 11.6. The SMILES string of the molecule is CNS(=O)(=O)CCNc1ccc(-c2ccn(C)n2)cc1-c1ccn(Cc2cccnc2)n1. The summed E-state index contributed by atoms with van der Waals surface area (Å²) in [5.74, 6) is -0.0274. The van der Waals surface area contributed by atoms with E-state index in [1.54, 1.807) is 10.9 Å². The van der Waals surface area contributed by atoms with Crippen LogP contribution < -0.4 is 10.0 Å². The number of nitrogens with one attached hydrogen (secondary N) is 2. The van der Waals surface area contributed by atoms with Gasteiger partial charge < -0.3 is 5.32 Å². The molecular formula is C22H25N7O2S. The maximum Gasteiger partial charge on any atom is 0.213 e. The Kier molecular flexibility index (Phi) is 6.33. The Morgan fingerprint density at radius 1 is 1.03 bits per heavy atom. The van der Waals surface area contributed by atoms with Crippen LogP contribution in [0.5, 0.6) is 0 Å². The maximum absolute atomic E-state index is 11.8. The van der Waals surface area contributed by atoms with Crippen molar-refractivity contribution in [1.82, 2.24) is 29.3 Å². The fourth-order valence-electron chi connectivity index (χ4n) is 3.33. The summed E-state index contributed by atoms with van der Waals surface area (Å²) in [4.78, 5) is 4.15. The topological polar surface area (TPSA) is 107 Å². The Morgan fingerprint density at radius 2 is 1.88 bits per heavy atom. The predicted octanol–water partition coefficient (Wildman–Crippen LogP) is 2.36. The molecule has 1 aromatic carbocycles. The van der Waals surface area contributed by atoms with Crippen molar-refractivity contribution in [3.8, 4) is 22.5 Å². The number of pyridine rings is 1.